The fourth-order valence-electron chi connectivity index (χ4n) is 1.88. The minimum atomic E-state index is -0.598. The molecule has 0 aliphatic carbocycles. The minimum Gasteiger partial charge on any atom is -0.487 e. The molecular formula is C14H17NO4. The standard InChI is InChI=1S/C14H17NO4/c1-9(2)12-10-5-4-6-11(18-8-7-17-3)13(10)19-14(16)15-12/h4-6,9H,7-8H2,1-3H3. The van der Waals surface area contributed by atoms with Crippen molar-refractivity contribution in [3.05, 3.63) is 34.4 Å². The molecule has 0 fully saturated rings. The Balaban J connectivity index is 2.52. The Kier molecular flexibility index (Phi) is 4.16. The first kappa shape index (κ1) is 13.5. The first-order valence-electron chi connectivity index (χ1n) is 6.19. The van der Waals surface area contributed by atoms with Crippen LogP contribution in [0.3, 0.4) is 0 Å². The summed E-state index contributed by atoms with van der Waals surface area (Å²) in [6.07, 6.45) is 0. The van der Waals surface area contributed by atoms with Gasteiger partial charge in [0.1, 0.15) is 6.61 Å². The fourth-order valence-corrected chi connectivity index (χ4v) is 1.88. The third-order valence-electron chi connectivity index (χ3n) is 2.75. The number of ether oxygens (including phenoxy) is 2. The van der Waals surface area contributed by atoms with Crippen LogP contribution in [0.15, 0.2) is 27.4 Å². The molecule has 0 spiro atoms. The van der Waals surface area contributed by atoms with E-state index in [-0.39, 0.29) is 5.92 Å². The topological polar surface area (TPSA) is 61.6 Å². The van der Waals surface area contributed by atoms with E-state index in [1.54, 1.807) is 13.2 Å². The monoisotopic (exact) mass is 263 g/mol. The van der Waals surface area contributed by atoms with E-state index < -0.39 is 5.76 Å². The van der Waals surface area contributed by atoms with E-state index in [1.807, 2.05) is 26.0 Å². The number of hydrogen-bond acceptors (Lipinski definition) is 5. The lowest BCUT2D eigenvalue weighted by Crippen LogP contribution is -2.10. The molecule has 5 heteroatoms. The molecule has 19 heavy (non-hydrogen) atoms. The molecule has 2 rings (SSSR count). The van der Waals surface area contributed by atoms with Crippen molar-refractivity contribution in [3.63, 3.8) is 0 Å². The maximum absolute atomic E-state index is 11.5. The van der Waals surface area contributed by atoms with Gasteiger partial charge in [-0.05, 0) is 18.1 Å². The van der Waals surface area contributed by atoms with Gasteiger partial charge in [0.05, 0.1) is 12.3 Å². The highest BCUT2D eigenvalue weighted by molar-refractivity contribution is 5.84. The van der Waals surface area contributed by atoms with Gasteiger partial charge >= 0.3 is 5.76 Å². The van der Waals surface area contributed by atoms with E-state index in [4.69, 9.17) is 13.9 Å². The zero-order valence-corrected chi connectivity index (χ0v) is 11.3. The molecule has 0 amide bonds. The molecular weight excluding hydrogens is 246 g/mol. The molecule has 0 radical (unpaired) electrons. The maximum Gasteiger partial charge on any atom is 0.439 e. The summed E-state index contributed by atoms with van der Waals surface area (Å²) in [6, 6.07) is 5.51. The molecule has 1 heterocycles. The van der Waals surface area contributed by atoms with Gasteiger partial charge in [0.25, 0.3) is 0 Å². The van der Waals surface area contributed by atoms with Gasteiger partial charge in [0.2, 0.25) is 0 Å². The summed E-state index contributed by atoms with van der Waals surface area (Å²) in [5.41, 5.74) is 1.17. The molecule has 0 saturated carbocycles. The highest BCUT2D eigenvalue weighted by Gasteiger charge is 2.13. The normalized spacial score (nSPS) is 11.2. The summed E-state index contributed by atoms with van der Waals surface area (Å²) in [7, 11) is 1.60. The number of nitrogens with zero attached hydrogens (tertiary/aromatic N) is 1. The van der Waals surface area contributed by atoms with E-state index in [1.165, 1.54) is 0 Å². The largest absolute Gasteiger partial charge is 0.487 e. The van der Waals surface area contributed by atoms with Crippen molar-refractivity contribution in [1.29, 1.82) is 0 Å². The lowest BCUT2D eigenvalue weighted by molar-refractivity contribution is 0.146. The molecule has 0 saturated heterocycles. The second kappa shape index (κ2) is 5.84. The predicted octanol–water partition coefficient (Wildman–Crippen LogP) is 2.34. The summed E-state index contributed by atoms with van der Waals surface area (Å²) >= 11 is 0. The molecule has 0 N–H and O–H groups in total. The summed E-state index contributed by atoms with van der Waals surface area (Å²) in [5.74, 6) is 0.0794. The van der Waals surface area contributed by atoms with Gasteiger partial charge in [0.15, 0.2) is 11.3 Å². The number of methoxy groups -OCH3 is 1. The zero-order chi connectivity index (χ0) is 13.8. The maximum atomic E-state index is 11.5. The fraction of sp³-hybridized carbons (Fsp3) is 0.429. The number of rotatable bonds is 5. The number of para-hydroxylation sites is 1. The molecule has 1 aromatic carbocycles. The highest BCUT2D eigenvalue weighted by Crippen LogP contribution is 2.28. The summed E-state index contributed by atoms with van der Waals surface area (Å²) in [5, 5.41) is 0.810. The van der Waals surface area contributed by atoms with Gasteiger partial charge in [-0.15, -0.1) is 0 Å². The quantitative estimate of drug-likeness (QED) is 0.775. The molecule has 0 atom stereocenters. The Bertz CT molecular complexity index is 618. The van der Waals surface area contributed by atoms with Gasteiger partial charge in [0, 0.05) is 12.5 Å². The molecule has 1 aromatic heterocycles. The van der Waals surface area contributed by atoms with Crippen LogP contribution in [-0.4, -0.2) is 25.3 Å². The average Bonchev–Trinajstić information content (AvgIpc) is 2.38. The van der Waals surface area contributed by atoms with Crippen molar-refractivity contribution in [3.8, 4) is 5.75 Å². The average molecular weight is 263 g/mol. The number of benzene rings is 1. The molecule has 0 aliphatic heterocycles. The third kappa shape index (κ3) is 2.93. The van der Waals surface area contributed by atoms with Crippen LogP contribution in [0.5, 0.6) is 5.75 Å². The van der Waals surface area contributed by atoms with Gasteiger partial charge in [-0.3, -0.25) is 0 Å². The summed E-state index contributed by atoms with van der Waals surface area (Å²) in [4.78, 5) is 15.5. The minimum absolute atomic E-state index is 0.140. The van der Waals surface area contributed by atoms with Crippen LogP contribution in [0.4, 0.5) is 0 Å². The summed E-state index contributed by atoms with van der Waals surface area (Å²) < 4.78 is 15.7. The van der Waals surface area contributed by atoms with Crippen LogP contribution < -0.4 is 10.5 Å². The van der Waals surface area contributed by atoms with Crippen molar-refractivity contribution < 1.29 is 13.9 Å². The zero-order valence-electron chi connectivity index (χ0n) is 11.3. The van der Waals surface area contributed by atoms with Crippen molar-refractivity contribution in [2.75, 3.05) is 20.3 Å². The lowest BCUT2D eigenvalue weighted by atomic mass is 10.1. The van der Waals surface area contributed by atoms with E-state index in [0.717, 1.165) is 11.1 Å². The Morgan fingerprint density at radius 1 is 1.32 bits per heavy atom. The lowest BCUT2D eigenvalue weighted by Gasteiger charge is -2.10. The Labute approximate surface area is 111 Å². The molecule has 0 aliphatic rings. The Hall–Kier alpha value is -1.88. The van der Waals surface area contributed by atoms with Crippen molar-refractivity contribution in [2.45, 2.75) is 19.8 Å². The molecule has 2 aromatic rings. The van der Waals surface area contributed by atoms with Gasteiger partial charge < -0.3 is 13.9 Å². The Morgan fingerprint density at radius 3 is 2.79 bits per heavy atom. The first-order valence-corrected chi connectivity index (χ1v) is 6.19. The number of aromatic nitrogens is 1. The molecule has 5 nitrogen and oxygen atoms in total. The molecule has 102 valence electrons. The van der Waals surface area contributed by atoms with E-state index in [2.05, 4.69) is 4.98 Å². The molecule has 0 unspecified atom stereocenters. The van der Waals surface area contributed by atoms with Crippen LogP contribution in [0.2, 0.25) is 0 Å². The van der Waals surface area contributed by atoms with Crippen LogP contribution in [0, 0.1) is 0 Å². The van der Waals surface area contributed by atoms with Crippen molar-refractivity contribution >= 4 is 11.0 Å². The predicted molar refractivity (Wildman–Crippen MR) is 71.7 cm³/mol. The molecule has 0 bridgehead atoms. The smallest absolute Gasteiger partial charge is 0.439 e. The second-order valence-electron chi connectivity index (χ2n) is 4.49. The first-order chi connectivity index (χ1) is 9.13. The van der Waals surface area contributed by atoms with Crippen LogP contribution in [0.25, 0.3) is 11.0 Å². The van der Waals surface area contributed by atoms with E-state index >= 15 is 0 Å². The number of fused-ring (bicyclic) bond motifs is 1. The van der Waals surface area contributed by atoms with Crippen LogP contribution >= 0.6 is 0 Å². The van der Waals surface area contributed by atoms with Crippen molar-refractivity contribution in [1.82, 2.24) is 4.98 Å². The highest BCUT2D eigenvalue weighted by atomic mass is 16.5. The van der Waals surface area contributed by atoms with Crippen molar-refractivity contribution in [2.24, 2.45) is 0 Å². The van der Waals surface area contributed by atoms with Crippen LogP contribution in [0.1, 0.15) is 25.5 Å². The van der Waals surface area contributed by atoms with E-state index in [9.17, 15) is 4.79 Å². The third-order valence-corrected chi connectivity index (χ3v) is 2.75. The van der Waals surface area contributed by atoms with Gasteiger partial charge in [-0.1, -0.05) is 19.9 Å². The Morgan fingerprint density at radius 2 is 2.11 bits per heavy atom. The number of hydrogen-bond donors (Lipinski definition) is 0. The van der Waals surface area contributed by atoms with Gasteiger partial charge in [-0.25, -0.2) is 4.79 Å². The second-order valence-corrected chi connectivity index (χ2v) is 4.49. The van der Waals surface area contributed by atoms with Crippen LogP contribution in [-0.2, 0) is 4.74 Å². The van der Waals surface area contributed by atoms with E-state index in [0.29, 0.717) is 24.5 Å². The van der Waals surface area contributed by atoms with Gasteiger partial charge in [-0.2, -0.15) is 4.98 Å². The summed E-state index contributed by atoms with van der Waals surface area (Å²) in [6.45, 7) is 4.85. The SMILES string of the molecule is COCCOc1cccc2c(C(C)C)nc(=O)oc12.